The third-order valence-corrected chi connectivity index (χ3v) is 7.30. The van der Waals surface area contributed by atoms with Crippen LogP contribution < -0.4 is 5.56 Å². The maximum atomic E-state index is 13.5. The summed E-state index contributed by atoms with van der Waals surface area (Å²) in [7, 11) is -2.26. The summed E-state index contributed by atoms with van der Waals surface area (Å²) in [4.78, 5) is 18.4. The molecule has 0 radical (unpaired) electrons. The van der Waals surface area contributed by atoms with Gasteiger partial charge in [-0.1, -0.05) is 42.0 Å². The van der Waals surface area contributed by atoms with Crippen molar-refractivity contribution in [1.82, 2.24) is 13.9 Å². The van der Waals surface area contributed by atoms with Crippen LogP contribution in [0.15, 0.2) is 76.4 Å². The maximum Gasteiger partial charge on any atom is 0.266 e. The van der Waals surface area contributed by atoms with Crippen LogP contribution in [0.5, 0.6) is 0 Å². The van der Waals surface area contributed by atoms with Gasteiger partial charge in [-0.2, -0.15) is 4.31 Å². The van der Waals surface area contributed by atoms with E-state index in [4.69, 9.17) is 4.98 Å². The highest BCUT2D eigenvalue weighted by molar-refractivity contribution is 7.89. The van der Waals surface area contributed by atoms with E-state index >= 15 is 0 Å². The van der Waals surface area contributed by atoms with Gasteiger partial charge in [-0.3, -0.25) is 9.36 Å². The second-order valence-corrected chi connectivity index (χ2v) is 10.1. The highest BCUT2D eigenvalue weighted by atomic mass is 32.2. The van der Waals surface area contributed by atoms with E-state index in [1.165, 1.54) is 15.9 Å². The van der Waals surface area contributed by atoms with Gasteiger partial charge < -0.3 is 0 Å². The van der Waals surface area contributed by atoms with Gasteiger partial charge in [0.1, 0.15) is 5.82 Å². The number of nitrogens with zero attached hydrogens (tertiary/aromatic N) is 3. The number of hydrogen-bond acceptors (Lipinski definition) is 4. The maximum absolute atomic E-state index is 13.5. The Labute approximate surface area is 187 Å². The molecule has 0 bridgehead atoms. The van der Waals surface area contributed by atoms with Gasteiger partial charge in [0, 0.05) is 7.05 Å². The summed E-state index contributed by atoms with van der Waals surface area (Å²) in [6, 6.07) is 19.7. The molecule has 3 aromatic carbocycles. The molecule has 1 aromatic heterocycles. The Morgan fingerprint density at radius 2 is 1.62 bits per heavy atom. The molecule has 0 aliphatic heterocycles. The zero-order valence-corrected chi connectivity index (χ0v) is 19.3. The Kier molecular flexibility index (Phi) is 5.71. The molecule has 164 valence electrons. The molecule has 1 heterocycles. The molecule has 32 heavy (non-hydrogen) atoms. The van der Waals surface area contributed by atoms with E-state index in [1.807, 2.05) is 51.1 Å². The molecule has 4 aromatic rings. The Balaban J connectivity index is 1.89. The average molecular weight is 448 g/mol. The van der Waals surface area contributed by atoms with E-state index in [1.54, 1.807) is 36.4 Å². The van der Waals surface area contributed by atoms with Crippen molar-refractivity contribution < 1.29 is 8.42 Å². The quantitative estimate of drug-likeness (QED) is 0.461. The monoisotopic (exact) mass is 447 g/mol. The zero-order valence-electron chi connectivity index (χ0n) is 18.5. The molecule has 4 rings (SSSR count). The van der Waals surface area contributed by atoms with Crippen molar-refractivity contribution in [3.63, 3.8) is 0 Å². The van der Waals surface area contributed by atoms with E-state index in [9.17, 15) is 13.2 Å². The van der Waals surface area contributed by atoms with E-state index in [0.717, 1.165) is 16.7 Å². The fourth-order valence-corrected chi connectivity index (χ4v) is 5.06. The molecular weight excluding hydrogens is 422 g/mol. The number of hydrogen-bond donors (Lipinski definition) is 0. The summed E-state index contributed by atoms with van der Waals surface area (Å²) >= 11 is 0. The third-order valence-electron chi connectivity index (χ3n) is 5.50. The minimum absolute atomic E-state index is 0.0519. The number of para-hydroxylation sites is 1. The smallest absolute Gasteiger partial charge is 0.266 e. The first-order chi connectivity index (χ1) is 15.2. The lowest BCUT2D eigenvalue weighted by molar-refractivity contribution is 0.452. The molecule has 0 saturated carbocycles. The second-order valence-electron chi connectivity index (χ2n) is 8.05. The molecule has 0 amide bonds. The van der Waals surface area contributed by atoms with Crippen molar-refractivity contribution in [1.29, 1.82) is 0 Å². The first-order valence-electron chi connectivity index (χ1n) is 10.3. The second kappa shape index (κ2) is 8.33. The van der Waals surface area contributed by atoms with Crippen LogP contribution in [0.1, 0.15) is 22.5 Å². The van der Waals surface area contributed by atoms with E-state index < -0.39 is 10.0 Å². The van der Waals surface area contributed by atoms with Gasteiger partial charge in [0.05, 0.1) is 28.0 Å². The topological polar surface area (TPSA) is 72.3 Å². The van der Waals surface area contributed by atoms with Crippen LogP contribution in [0.2, 0.25) is 0 Å². The minimum atomic E-state index is -3.76. The van der Waals surface area contributed by atoms with Crippen molar-refractivity contribution in [2.45, 2.75) is 32.2 Å². The van der Waals surface area contributed by atoms with E-state index in [-0.39, 0.29) is 17.0 Å². The van der Waals surface area contributed by atoms with Crippen molar-refractivity contribution in [2.24, 2.45) is 0 Å². The summed E-state index contributed by atoms with van der Waals surface area (Å²) in [5.74, 6) is 0.361. The zero-order chi connectivity index (χ0) is 23.0. The van der Waals surface area contributed by atoms with Gasteiger partial charge in [0.15, 0.2) is 0 Å². The van der Waals surface area contributed by atoms with Gasteiger partial charge in [0.2, 0.25) is 10.0 Å². The van der Waals surface area contributed by atoms with Gasteiger partial charge in [-0.05, 0) is 62.2 Å². The number of sulfonamides is 1. The standard InChI is InChI=1S/C25H25N3O3S/c1-17-8-7-9-20(15-17)32(30,31)27(4)16-24-26-22-11-6-5-10-21(22)25(29)28(24)23-13-12-18(2)14-19(23)3/h5-15H,16H2,1-4H3. The molecule has 0 spiro atoms. The predicted molar refractivity (Wildman–Crippen MR) is 127 cm³/mol. The van der Waals surface area contributed by atoms with Crippen LogP contribution in [-0.2, 0) is 16.6 Å². The SMILES string of the molecule is Cc1cccc(S(=O)(=O)N(C)Cc2nc3ccccc3c(=O)n2-c2ccc(C)cc2C)c1. The van der Waals surface area contributed by atoms with Crippen LogP contribution in [0, 0.1) is 20.8 Å². The molecular formula is C25H25N3O3S. The number of rotatable bonds is 5. The molecule has 0 atom stereocenters. The summed E-state index contributed by atoms with van der Waals surface area (Å²) in [6.07, 6.45) is 0. The van der Waals surface area contributed by atoms with E-state index in [0.29, 0.717) is 22.4 Å². The highest BCUT2D eigenvalue weighted by Crippen LogP contribution is 2.21. The number of benzene rings is 3. The minimum Gasteiger partial charge on any atom is -0.268 e. The Morgan fingerprint density at radius 1 is 0.906 bits per heavy atom. The van der Waals surface area contributed by atoms with Crippen LogP contribution in [-0.4, -0.2) is 29.3 Å². The summed E-state index contributed by atoms with van der Waals surface area (Å²) in [5, 5.41) is 0.486. The molecule has 6 nitrogen and oxygen atoms in total. The molecule has 0 fully saturated rings. The molecule has 0 N–H and O–H groups in total. The number of fused-ring (bicyclic) bond motifs is 1. The largest absolute Gasteiger partial charge is 0.268 e. The molecule has 0 aliphatic rings. The van der Waals surface area contributed by atoms with Crippen LogP contribution in [0.3, 0.4) is 0 Å². The van der Waals surface area contributed by atoms with Crippen molar-refractivity contribution >= 4 is 20.9 Å². The lowest BCUT2D eigenvalue weighted by atomic mass is 10.1. The average Bonchev–Trinajstić information content (AvgIpc) is 2.75. The van der Waals surface area contributed by atoms with Crippen molar-refractivity contribution in [3.8, 4) is 5.69 Å². The normalized spacial score (nSPS) is 11.9. The van der Waals surface area contributed by atoms with Crippen LogP contribution in [0.25, 0.3) is 16.6 Å². The summed E-state index contributed by atoms with van der Waals surface area (Å²) in [5.41, 5.74) is 3.85. The Hall–Kier alpha value is -3.29. The van der Waals surface area contributed by atoms with Crippen LogP contribution in [0.4, 0.5) is 0 Å². The van der Waals surface area contributed by atoms with E-state index in [2.05, 4.69) is 0 Å². The third kappa shape index (κ3) is 3.97. The predicted octanol–water partition coefficient (Wildman–Crippen LogP) is 4.13. The fraction of sp³-hybridized carbons (Fsp3) is 0.200. The lowest BCUT2D eigenvalue weighted by Gasteiger charge is -2.21. The van der Waals surface area contributed by atoms with Gasteiger partial charge in [-0.15, -0.1) is 0 Å². The first-order valence-corrected chi connectivity index (χ1v) is 11.7. The number of aromatic nitrogens is 2. The van der Waals surface area contributed by atoms with Gasteiger partial charge in [-0.25, -0.2) is 13.4 Å². The van der Waals surface area contributed by atoms with Crippen molar-refractivity contribution in [3.05, 3.63) is 99.6 Å². The fourth-order valence-electron chi connectivity index (χ4n) is 3.83. The van der Waals surface area contributed by atoms with Gasteiger partial charge >= 0.3 is 0 Å². The van der Waals surface area contributed by atoms with Crippen molar-refractivity contribution in [2.75, 3.05) is 7.05 Å². The molecule has 7 heteroatoms. The molecule has 0 aliphatic carbocycles. The van der Waals surface area contributed by atoms with Gasteiger partial charge in [0.25, 0.3) is 5.56 Å². The summed E-state index contributed by atoms with van der Waals surface area (Å²) in [6.45, 7) is 5.72. The highest BCUT2D eigenvalue weighted by Gasteiger charge is 2.24. The molecule has 0 unspecified atom stereocenters. The summed E-state index contributed by atoms with van der Waals surface area (Å²) < 4.78 is 29.2. The number of aryl methyl sites for hydroxylation is 3. The Morgan fingerprint density at radius 3 is 2.34 bits per heavy atom. The Bertz CT molecular complexity index is 1490. The molecule has 0 saturated heterocycles. The van der Waals surface area contributed by atoms with Crippen LogP contribution >= 0.6 is 0 Å². The first kappa shape index (κ1) is 21.9. The lowest BCUT2D eigenvalue weighted by Crippen LogP contribution is -2.32.